The molecule has 2 aromatic carbocycles. The standard InChI is InChI=1S/C23H29F3N2O/c1-14-15(2)17(4)21(18(5)16(14)3)22(28-12-10-27-11-13-28)19-6-8-20(9-7-19)29-23(24,25)26/h6-9,22,27H,10-13H2,1-5H3/t22-/m0/s1. The molecule has 3 nitrogen and oxygen atoms in total. The third-order valence-electron chi connectivity index (χ3n) is 6.28. The summed E-state index contributed by atoms with van der Waals surface area (Å²) in [5.74, 6) is -0.190. The molecule has 0 amide bonds. The van der Waals surface area contributed by atoms with Crippen LogP contribution in [0.15, 0.2) is 24.3 Å². The Hall–Kier alpha value is -2.05. The smallest absolute Gasteiger partial charge is 0.406 e. The topological polar surface area (TPSA) is 24.5 Å². The van der Waals surface area contributed by atoms with Gasteiger partial charge in [0.05, 0.1) is 6.04 Å². The number of alkyl halides is 3. The van der Waals surface area contributed by atoms with Crippen molar-refractivity contribution in [1.29, 1.82) is 0 Å². The van der Waals surface area contributed by atoms with Gasteiger partial charge in [-0.15, -0.1) is 13.2 Å². The van der Waals surface area contributed by atoms with E-state index in [2.05, 4.69) is 49.6 Å². The summed E-state index contributed by atoms with van der Waals surface area (Å²) >= 11 is 0. The summed E-state index contributed by atoms with van der Waals surface area (Å²) in [6.45, 7) is 14.3. The van der Waals surface area contributed by atoms with Crippen molar-refractivity contribution in [3.8, 4) is 5.75 Å². The molecule has 1 fully saturated rings. The normalized spacial score (nSPS) is 16.7. The summed E-state index contributed by atoms with van der Waals surface area (Å²) < 4.78 is 41.7. The van der Waals surface area contributed by atoms with E-state index in [1.807, 2.05) is 0 Å². The molecule has 1 aliphatic rings. The van der Waals surface area contributed by atoms with Gasteiger partial charge < -0.3 is 10.1 Å². The number of piperazine rings is 1. The maximum Gasteiger partial charge on any atom is 0.573 e. The fraction of sp³-hybridized carbons (Fsp3) is 0.478. The second kappa shape index (κ2) is 8.36. The molecule has 1 aliphatic heterocycles. The molecule has 1 saturated heterocycles. The molecule has 0 unspecified atom stereocenters. The van der Waals surface area contributed by atoms with Gasteiger partial charge in [0, 0.05) is 26.2 Å². The summed E-state index contributed by atoms with van der Waals surface area (Å²) in [5.41, 5.74) is 8.61. The zero-order chi connectivity index (χ0) is 21.3. The number of nitrogens with one attached hydrogen (secondary N) is 1. The van der Waals surface area contributed by atoms with Crippen LogP contribution < -0.4 is 10.1 Å². The minimum atomic E-state index is -4.68. The first-order chi connectivity index (χ1) is 13.6. The van der Waals surface area contributed by atoms with E-state index in [4.69, 9.17) is 0 Å². The molecular weight excluding hydrogens is 377 g/mol. The van der Waals surface area contributed by atoms with Crippen LogP contribution in [0.25, 0.3) is 0 Å². The van der Waals surface area contributed by atoms with Crippen molar-refractivity contribution >= 4 is 0 Å². The Morgan fingerprint density at radius 1 is 0.828 bits per heavy atom. The van der Waals surface area contributed by atoms with E-state index in [0.29, 0.717) is 0 Å². The van der Waals surface area contributed by atoms with Crippen molar-refractivity contribution in [2.45, 2.75) is 47.0 Å². The third kappa shape index (κ3) is 4.59. The van der Waals surface area contributed by atoms with Gasteiger partial charge in [0.1, 0.15) is 5.75 Å². The Balaban J connectivity index is 2.10. The molecule has 1 atom stereocenters. The van der Waals surface area contributed by atoms with E-state index in [-0.39, 0.29) is 11.8 Å². The van der Waals surface area contributed by atoms with Crippen LogP contribution in [-0.4, -0.2) is 37.4 Å². The number of halogens is 3. The Morgan fingerprint density at radius 2 is 1.31 bits per heavy atom. The van der Waals surface area contributed by atoms with Gasteiger partial charge in [-0.1, -0.05) is 12.1 Å². The van der Waals surface area contributed by atoms with E-state index in [1.54, 1.807) is 12.1 Å². The number of benzene rings is 2. The first kappa shape index (κ1) is 21.7. The van der Waals surface area contributed by atoms with Crippen molar-refractivity contribution in [1.82, 2.24) is 10.2 Å². The van der Waals surface area contributed by atoms with E-state index >= 15 is 0 Å². The average Bonchev–Trinajstić information content (AvgIpc) is 2.68. The van der Waals surface area contributed by atoms with E-state index in [0.717, 1.165) is 31.7 Å². The van der Waals surface area contributed by atoms with Crippen molar-refractivity contribution < 1.29 is 17.9 Å². The predicted octanol–water partition coefficient (Wildman–Crippen LogP) is 5.12. The molecule has 0 aliphatic carbocycles. The molecule has 29 heavy (non-hydrogen) atoms. The van der Waals surface area contributed by atoms with Crippen LogP contribution in [-0.2, 0) is 0 Å². The maximum atomic E-state index is 12.6. The second-order valence-corrected chi connectivity index (χ2v) is 7.84. The Labute approximate surface area is 170 Å². The van der Waals surface area contributed by atoms with Crippen molar-refractivity contribution in [2.75, 3.05) is 26.2 Å². The number of hydrogen-bond acceptors (Lipinski definition) is 3. The van der Waals surface area contributed by atoms with Crippen molar-refractivity contribution in [3.05, 3.63) is 63.2 Å². The summed E-state index contributed by atoms with van der Waals surface area (Å²) in [6, 6.07) is 6.34. The van der Waals surface area contributed by atoms with Gasteiger partial charge in [0.25, 0.3) is 0 Å². The molecule has 1 N–H and O–H groups in total. The molecule has 0 bridgehead atoms. The SMILES string of the molecule is Cc1c(C)c(C)c([C@H](c2ccc(OC(F)(F)F)cc2)N2CCNCC2)c(C)c1C. The maximum absolute atomic E-state index is 12.6. The Kier molecular flexibility index (Phi) is 6.24. The summed E-state index contributed by atoms with van der Waals surface area (Å²) in [4.78, 5) is 2.42. The first-order valence-corrected chi connectivity index (χ1v) is 9.97. The highest BCUT2D eigenvalue weighted by Gasteiger charge is 2.32. The fourth-order valence-electron chi connectivity index (χ4n) is 4.29. The van der Waals surface area contributed by atoms with Gasteiger partial charge >= 0.3 is 6.36 Å². The summed E-state index contributed by atoms with van der Waals surface area (Å²) in [6.07, 6.45) is -4.68. The van der Waals surface area contributed by atoms with E-state index in [9.17, 15) is 13.2 Å². The van der Waals surface area contributed by atoms with Gasteiger partial charge in [-0.25, -0.2) is 0 Å². The minimum absolute atomic E-state index is 0.00460. The highest BCUT2D eigenvalue weighted by molar-refractivity contribution is 5.53. The fourth-order valence-corrected chi connectivity index (χ4v) is 4.29. The lowest BCUT2D eigenvalue weighted by Crippen LogP contribution is -2.45. The quantitative estimate of drug-likeness (QED) is 0.763. The lowest BCUT2D eigenvalue weighted by Gasteiger charge is -2.38. The van der Waals surface area contributed by atoms with Crippen LogP contribution in [0.4, 0.5) is 13.2 Å². The molecule has 0 spiro atoms. The number of hydrogen-bond donors (Lipinski definition) is 1. The predicted molar refractivity (Wildman–Crippen MR) is 110 cm³/mol. The molecule has 158 valence electrons. The van der Waals surface area contributed by atoms with Gasteiger partial charge in [-0.3, -0.25) is 4.90 Å². The molecule has 0 aromatic heterocycles. The number of ether oxygens (including phenoxy) is 1. The average molecular weight is 406 g/mol. The largest absolute Gasteiger partial charge is 0.573 e. The summed E-state index contributed by atoms with van der Waals surface area (Å²) in [7, 11) is 0. The van der Waals surface area contributed by atoms with Crippen LogP contribution >= 0.6 is 0 Å². The zero-order valence-electron chi connectivity index (χ0n) is 17.7. The monoisotopic (exact) mass is 406 g/mol. The van der Waals surface area contributed by atoms with Crippen LogP contribution in [0.3, 0.4) is 0 Å². The molecular formula is C23H29F3N2O. The molecule has 2 aromatic rings. The Bertz CT molecular complexity index is 840. The number of nitrogens with zero attached hydrogens (tertiary/aromatic N) is 1. The van der Waals surface area contributed by atoms with E-state index < -0.39 is 6.36 Å². The first-order valence-electron chi connectivity index (χ1n) is 9.97. The zero-order valence-corrected chi connectivity index (χ0v) is 17.7. The minimum Gasteiger partial charge on any atom is -0.406 e. The Morgan fingerprint density at radius 3 is 1.79 bits per heavy atom. The van der Waals surface area contributed by atoms with Crippen LogP contribution in [0.5, 0.6) is 5.75 Å². The molecule has 0 saturated carbocycles. The van der Waals surface area contributed by atoms with Gasteiger partial charge in [0.2, 0.25) is 0 Å². The lowest BCUT2D eigenvalue weighted by atomic mass is 9.83. The van der Waals surface area contributed by atoms with E-state index in [1.165, 1.54) is 45.5 Å². The number of rotatable bonds is 4. The van der Waals surface area contributed by atoms with Crippen LogP contribution in [0.2, 0.25) is 0 Å². The van der Waals surface area contributed by atoms with Gasteiger partial charge in [0.15, 0.2) is 0 Å². The highest BCUT2D eigenvalue weighted by Crippen LogP contribution is 2.38. The molecule has 3 rings (SSSR count). The molecule has 6 heteroatoms. The molecule has 1 heterocycles. The highest BCUT2D eigenvalue weighted by atomic mass is 19.4. The van der Waals surface area contributed by atoms with Crippen LogP contribution in [0, 0.1) is 34.6 Å². The van der Waals surface area contributed by atoms with Gasteiger partial charge in [-0.05, 0) is 85.7 Å². The van der Waals surface area contributed by atoms with Crippen LogP contribution in [0.1, 0.15) is 45.0 Å². The lowest BCUT2D eigenvalue weighted by molar-refractivity contribution is -0.274. The van der Waals surface area contributed by atoms with Crippen molar-refractivity contribution in [3.63, 3.8) is 0 Å². The molecule has 0 radical (unpaired) electrons. The van der Waals surface area contributed by atoms with Crippen molar-refractivity contribution in [2.24, 2.45) is 0 Å². The third-order valence-corrected chi connectivity index (χ3v) is 6.28. The summed E-state index contributed by atoms with van der Waals surface area (Å²) in [5, 5.41) is 3.38. The van der Waals surface area contributed by atoms with Gasteiger partial charge in [-0.2, -0.15) is 0 Å². The second-order valence-electron chi connectivity index (χ2n) is 7.84.